The molecule has 0 aromatic carbocycles. The highest BCUT2D eigenvalue weighted by Crippen LogP contribution is 2.17. The van der Waals surface area contributed by atoms with Crippen LogP contribution in [0.25, 0.3) is 0 Å². The quantitative estimate of drug-likeness (QED) is 0.461. The summed E-state index contributed by atoms with van der Waals surface area (Å²) >= 11 is 0. The van der Waals surface area contributed by atoms with E-state index in [1.807, 2.05) is 0 Å². The number of rotatable bonds is 2. The molecular formula is C7H10N4O2. The van der Waals surface area contributed by atoms with E-state index in [-0.39, 0.29) is 6.54 Å². The van der Waals surface area contributed by atoms with E-state index < -0.39 is 10.6 Å². The van der Waals surface area contributed by atoms with E-state index in [9.17, 15) is 10.1 Å². The molecule has 0 amide bonds. The first-order valence-electron chi connectivity index (χ1n) is 3.83. The molecule has 1 saturated heterocycles. The molecule has 70 valence electrons. The number of hydrogen-bond donors (Lipinski definition) is 1. The summed E-state index contributed by atoms with van der Waals surface area (Å²) in [6.45, 7) is 4.54. The van der Waals surface area contributed by atoms with Crippen LogP contribution >= 0.6 is 0 Å². The molecule has 1 heterocycles. The lowest BCUT2D eigenvalue weighted by molar-refractivity contribution is -0.579. The zero-order chi connectivity index (χ0) is 9.90. The second-order valence-corrected chi connectivity index (χ2v) is 2.74. The van der Waals surface area contributed by atoms with E-state index in [0.717, 1.165) is 0 Å². The molecule has 1 fully saturated rings. The average molecular weight is 182 g/mol. The molecule has 13 heavy (non-hydrogen) atoms. The summed E-state index contributed by atoms with van der Waals surface area (Å²) in [7, 11) is 0. The molecule has 1 rings (SSSR count). The molecular weight excluding hydrogens is 172 g/mol. The van der Waals surface area contributed by atoms with Gasteiger partial charge in [0, 0.05) is 13.1 Å². The normalized spacial score (nSPS) is 27.8. The average Bonchev–Trinajstić information content (AvgIpc) is 2.17. The lowest BCUT2D eigenvalue weighted by Gasteiger charge is -2.34. The molecule has 6 nitrogen and oxygen atoms in total. The Hall–Kier alpha value is -1.61. The smallest absolute Gasteiger partial charge is 0.306 e. The van der Waals surface area contributed by atoms with Crippen molar-refractivity contribution < 1.29 is 4.92 Å². The molecule has 0 aliphatic carbocycles. The topological polar surface area (TPSA) is 82.2 Å². The molecule has 1 unspecified atom stereocenters. The first-order chi connectivity index (χ1) is 6.17. The van der Waals surface area contributed by atoms with Crippen molar-refractivity contribution in [2.75, 3.05) is 19.6 Å². The summed E-state index contributed by atoms with van der Waals surface area (Å²) < 4.78 is 0. The van der Waals surface area contributed by atoms with Gasteiger partial charge in [-0.25, -0.2) is 0 Å². The van der Waals surface area contributed by atoms with Crippen molar-refractivity contribution in [2.24, 2.45) is 0 Å². The standard InChI is InChI=1S/C7H10N4O2/c1-2-10-4-3-9-6-7(10,5-8)11(12)13/h2,9H,1,3-4,6H2. The van der Waals surface area contributed by atoms with Gasteiger partial charge in [0.2, 0.25) is 0 Å². The van der Waals surface area contributed by atoms with Gasteiger partial charge in [-0.05, 0) is 6.20 Å². The van der Waals surface area contributed by atoms with E-state index in [1.54, 1.807) is 6.07 Å². The summed E-state index contributed by atoms with van der Waals surface area (Å²) in [6.07, 6.45) is 1.34. The summed E-state index contributed by atoms with van der Waals surface area (Å²) in [6, 6.07) is 1.71. The molecule has 1 aliphatic rings. The van der Waals surface area contributed by atoms with Crippen molar-refractivity contribution in [2.45, 2.75) is 5.66 Å². The van der Waals surface area contributed by atoms with Crippen LogP contribution in [0.4, 0.5) is 0 Å². The van der Waals surface area contributed by atoms with E-state index in [0.29, 0.717) is 13.1 Å². The third kappa shape index (κ3) is 1.34. The van der Waals surface area contributed by atoms with Gasteiger partial charge in [-0.15, -0.1) is 0 Å². The number of nitriles is 1. The van der Waals surface area contributed by atoms with Gasteiger partial charge >= 0.3 is 5.66 Å². The lowest BCUT2D eigenvalue weighted by atomic mass is 10.1. The molecule has 6 heteroatoms. The molecule has 1 N–H and O–H groups in total. The van der Waals surface area contributed by atoms with Gasteiger partial charge in [0.05, 0.1) is 4.92 Å². The summed E-state index contributed by atoms with van der Waals surface area (Å²) in [5.74, 6) is 0. The maximum atomic E-state index is 10.7. The van der Waals surface area contributed by atoms with Crippen LogP contribution < -0.4 is 5.32 Å². The van der Waals surface area contributed by atoms with Crippen LogP contribution in [0.15, 0.2) is 12.8 Å². The van der Waals surface area contributed by atoms with Gasteiger partial charge in [0.25, 0.3) is 0 Å². The first kappa shape index (κ1) is 9.48. The minimum atomic E-state index is -1.68. The summed E-state index contributed by atoms with van der Waals surface area (Å²) in [5, 5.41) is 22.3. The summed E-state index contributed by atoms with van der Waals surface area (Å²) in [5.41, 5.74) is -1.68. The third-order valence-electron chi connectivity index (χ3n) is 2.08. The molecule has 1 atom stereocenters. The molecule has 0 spiro atoms. The number of piperazine rings is 1. The maximum Gasteiger partial charge on any atom is 0.394 e. The largest absolute Gasteiger partial charge is 0.394 e. The highest BCUT2D eigenvalue weighted by atomic mass is 16.6. The first-order valence-corrected chi connectivity index (χ1v) is 3.83. The lowest BCUT2D eigenvalue weighted by Crippen LogP contribution is -2.62. The zero-order valence-electron chi connectivity index (χ0n) is 7.06. The highest BCUT2D eigenvalue weighted by molar-refractivity contribution is 5.06. The van der Waals surface area contributed by atoms with Crippen LogP contribution in [0.5, 0.6) is 0 Å². The van der Waals surface area contributed by atoms with E-state index in [4.69, 9.17) is 5.26 Å². The predicted octanol–water partition coefficient (Wildman–Crippen LogP) is -0.468. The van der Waals surface area contributed by atoms with Crippen molar-refractivity contribution in [1.29, 1.82) is 5.26 Å². The van der Waals surface area contributed by atoms with Crippen LogP contribution in [0.3, 0.4) is 0 Å². The zero-order valence-corrected chi connectivity index (χ0v) is 7.06. The third-order valence-corrected chi connectivity index (χ3v) is 2.08. The van der Waals surface area contributed by atoms with E-state index in [2.05, 4.69) is 11.9 Å². The Labute approximate surface area is 75.6 Å². The van der Waals surface area contributed by atoms with Crippen molar-refractivity contribution in [3.05, 3.63) is 22.9 Å². The van der Waals surface area contributed by atoms with Crippen LogP contribution in [0.1, 0.15) is 0 Å². The van der Waals surface area contributed by atoms with Gasteiger partial charge in [-0.2, -0.15) is 5.26 Å². The number of hydrogen-bond acceptors (Lipinski definition) is 5. The highest BCUT2D eigenvalue weighted by Gasteiger charge is 2.49. The van der Waals surface area contributed by atoms with Crippen LogP contribution in [-0.4, -0.2) is 35.1 Å². The summed E-state index contributed by atoms with van der Waals surface area (Å²) in [4.78, 5) is 11.5. The molecule has 0 bridgehead atoms. The molecule has 0 radical (unpaired) electrons. The molecule has 0 saturated carbocycles. The Morgan fingerprint density at radius 2 is 2.54 bits per heavy atom. The minimum absolute atomic E-state index is 0.0303. The van der Waals surface area contributed by atoms with E-state index in [1.165, 1.54) is 11.1 Å². The van der Waals surface area contributed by atoms with Crippen molar-refractivity contribution in [3.63, 3.8) is 0 Å². The fourth-order valence-corrected chi connectivity index (χ4v) is 1.31. The SMILES string of the molecule is C=CN1CCNCC1(C#N)[N+](=O)[O-]. The van der Waals surface area contributed by atoms with Crippen molar-refractivity contribution >= 4 is 0 Å². The minimum Gasteiger partial charge on any atom is -0.306 e. The van der Waals surface area contributed by atoms with Gasteiger partial charge in [-0.3, -0.25) is 10.1 Å². The van der Waals surface area contributed by atoms with Crippen LogP contribution in [-0.2, 0) is 0 Å². The number of nitrogens with one attached hydrogen (secondary N) is 1. The molecule has 0 aromatic rings. The van der Waals surface area contributed by atoms with Gasteiger partial charge < -0.3 is 10.2 Å². The molecule has 1 aliphatic heterocycles. The fraction of sp³-hybridized carbons (Fsp3) is 0.571. The van der Waals surface area contributed by atoms with Gasteiger partial charge in [-0.1, -0.05) is 6.58 Å². The Balaban J connectivity index is 3.00. The Kier molecular flexibility index (Phi) is 2.49. The maximum absolute atomic E-state index is 10.7. The number of nitrogens with zero attached hydrogens (tertiary/aromatic N) is 3. The Morgan fingerprint density at radius 1 is 1.85 bits per heavy atom. The van der Waals surface area contributed by atoms with Crippen molar-refractivity contribution in [1.82, 2.24) is 10.2 Å². The van der Waals surface area contributed by atoms with Gasteiger partial charge in [0.15, 0.2) is 6.07 Å². The van der Waals surface area contributed by atoms with Gasteiger partial charge in [0.1, 0.15) is 6.54 Å². The Bertz CT molecular complexity index is 272. The Morgan fingerprint density at radius 3 is 2.92 bits per heavy atom. The second-order valence-electron chi connectivity index (χ2n) is 2.74. The molecule has 0 aromatic heterocycles. The number of nitro groups is 1. The predicted molar refractivity (Wildman–Crippen MR) is 45.1 cm³/mol. The van der Waals surface area contributed by atoms with E-state index >= 15 is 0 Å². The van der Waals surface area contributed by atoms with Crippen LogP contribution in [0, 0.1) is 21.4 Å². The van der Waals surface area contributed by atoms with Crippen LogP contribution in [0.2, 0.25) is 0 Å². The monoisotopic (exact) mass is 182 g/mol. The second kappa shape index (κ2) is 3.41. The van der Waals surface area contributed by atoms with Crippen molar-refractivity contribution in [3.8, 4) is 6.07 Å². The fourth-order valence-electron chi connectivity index (χ4n) is 1.31.